The maximum atomic E-state index is 12.6. The fourth-order valence-electron chi connectivity index (χ4n) is 2.28. The molecule has 2 aromatic rings. The Bertz CT molecular complexity index is 659. The van der Waals surface area contributed by atoms with Crippen molar-refractivity contribution < 1.29 is 14.3 Å². The Hall–Kier alpha value is -2.69. The quantitative estimate of drug-likeness (QED) is 0.890. The van der Waals surface area contributed by atoms with Gasteiger partial charge in [-0.25, -0.2) is 0 Å². The Balaban J connectivity index is 2.12. The highest BCUT2D eigenvalue weighted by Gasteiger charge is 2.19. The number of anilines is 2. The second kappa shape index (κ2) is 7.54. The summed E-state index contributed by atoms with van der Waals surface area (Å²) in [5.41, 5.74) is 1.60. The molecule has 5 nitrogen and oxygen atoms in total. The van der Waals surface area contributed by atoms with E-state index in [-0.39, 0.29) is 5.91 Å². The third-order valence-corrected chi connectivity index (χ3v) is 3.63. The lowest BCUT2D eigenvalue weighted by Gasteiger charge is -2.23. The molecule has 0 radical (unpaired) electrons. The zero-order valence-corrected chi connectivity index (χ0v) is 13.9. The molecule has 1 amide bonds. The van der Waals surface area contributed by atoms with Crippen LogP contribution in [0.15, 0.2) is 48.5 Å². The van der Waals surface area contributed by atoms with Gasteiger partial charge >= 0.3 is 0 Å². The average Bonchev–Trinajstić information content (AvgIpc) is 2.61. The molecule has 122 valence electrons. The highest BCUT2D eigenvalue weighted by Crippen LogP contribution is 2.29. The molecule has 2 rings (SSSR count). The standard InChI is InChI=1S/C18H22N2O3/c1-13(18(21)20(2)14-8-6-5-7-9-14)19-16-11-10-15(22-3)12-17(16)23-4/h5-13,19H,1-4H3. The van der Waals surface area contributed by atoms with Crippen LogP contribution in [0.3, 0.4) is 0 Å². The van der Waals surface area contributed by atoms with E-state index in [9.17, 15) is 4.79 Å². The third kappa shape index (κ3) is 3.94. The first-order valence-electron chi connectivity index (χ1n) is 7.38. The number of hydrogen-bond acceptors (Lipinski definition) is 4. The van der Waals surface area contributed by atoms with Crippen LogP contribution < -0.4 is 19.7 Å². The predicted octanol–water partition coefficient (Wildman–Crippen LogP) is 3.17. The lowest BCUT2D eigenvalue weighted by molar-refractivity contribution is -0.118. The van der Waals surface area contributed by atoms with Gasteiger partial charge in [-0.2, -0.15) is 0 Å². The molecule has 0 heterocycles. The fourth-order valence-corrected chi connectivity index (χ4v) is 2.28. The lowest BCUT2D eigenvalue weighted by atomic mass is 10.2. The normalized spacial score (nSPS) is 11.5. The van der Waals surface area contributed by atoms with Crippen molar-refractivity contribution in [1.82, 2.24) is 0 Å². The number of methoxy groups -OCH3 is 2. The van der Waals surface area contributed by atoms with Crippen LogP contribution in [0.5, 0.6) is 11.5 Å². The van der Waals surface area contributed by atoms with Crippen LogP contribution in [-0.2, 0) is 4.79 Å². The number of likely N-dealkylation sites (N-methyl/N-ethyl adjacent to an activating group) is 1. The summed E-state index contributed by atoms with van der Waals surface area (Å²) >= 11 is 0. The Labute approximate surface area is 136 Å². The molecule has 0 saturated heterocycles. The highest BCUT2D eigenvalue weighted by atomic mass is 16.5. The number of nitrogens with one attached hydrogen (secondary N) is 1. The number of nitrogens with zero attached hydrogens (tertiary/aromatic N) is 1. The average molecular weight is 314 g/mol. The Kier molecular flexibility index (Phi) is 5.46. The zero-order chi connectivity index (χ0) is 16.8. The maximum absolute atomic E-state index is 12.6. The first-order chi connectivity index (χ1) is 11.1. The molecule has 0 spiro atoms. The second-order valence-corrected chi connectivity index (χ2v) is 5.17. The number of hydrogen-bond donors (Lipinski definition) is 1. The number of benzene rings is 2. The van der Waals surface area contributed by atoms with E-state index in [4.69, 9.17) is 9.47 Å². The molecule has 0 aliphatic heterocycles. The summed E-state index contributed by atoms with van der Waals surface area (Å²) in [5.74, 6) is 1.30. The first-order valence-corrected chi connectivity index (χ1v) is 7.38. The Morgan fingerprint density at radius 3 is 2.39 bits per heavy atom. The molecule has 0 aliphatic carbocycles. The Morgan fingerprint density at radius 1 is 1.09 bits per heavy atom. The molecule has 0 fully saturated rings. The van der Waals surface area contributed by atoms with Gasteiger partial charge in [0.2, 0.25) is 5.91 Å². The maximum Gasteiger partial charge on any atom is 0.248 e. The number of para-hydroxylation sites is 1. The number of carbonyl (C=O) groups excluding carboxylic acids is 1. The summed E-state index contributed by atoms with van der Waals surface area (Å²) < 4.78 is 10.5. The van der Waals surface area contributed by atoms with E-state index < -0.39 is 6.04 Å². The van der Waals surface area contributed by atoms with E-state index >= 15 is 0 Å². The van der Waals surface area contributed by atoms with E-state index in [1.165, 1.54) is 0 Å². The molecular weight excluding hydrogens is 292 g/mol. The molecule has 1 N–H and O–H groups in total. The van der Waals surface area contributed by atoms with E-state index in [1.54, 1.807) is 32.2 Å². The van der Waals surface area contributed by atoms with Crippen LogP contribution in [0.4, 0.5) is 11.4 Å². The zero-order valence-electron chi connectivity index (χ0n) is 13.9. The first kappa shape index (κ1) is 16.7. The molecule has 5 heteroatoms. The van der Waals surface area contributed by atoms with Crippen LogP contribution in [0.2, 0.25) is 0 Å². The molecule has 0 aromatic heterocycles. The SMILES string of the molecule is COc1ccc(NC(C)C(=O)N(C)c2ccccc2)c(OC)c1. The molecule has 1 unspecified atom stereocenters. The van der Waals surface area contributed by atoms with Crippen molar-refractivity contribution in [2.24, 2.45) is 0 Å². The van der Waals surface area contributed by atoms with Gasteiger partial charge < -0.3 is 19.7 Å². The van der Waals surface area contributed by atoms with Crippen molar-refractivity contribution >= 4 is 17.3 Å². The van der Waals surface area contributed by atoms with Gasteiger partial charge in [-0.15, -0.1) is 0 Å². The topological polar surface area (TPSA) is 50.8 Å². The summed E-state index contributed by atoms with van der Waals surface area (Å²) in [6.07, 6.45) is 0. The summed E-state index contributed by atoms with van der Waals surface area (Å²) in [6, 6.07) is 14.6. The number of carbonyl (C=O) groups is 1. The monoisotopic (exact) mass is 314 g/mol. The summed E-state index contributed by atoms with van der Waals surface area (Å²) in [6.45, 7) is 1.82. The van der Waals surface area contributed by atoms with Crippen molar-refractivity contribution in [1.29, 1.82) is 0 Å². The highest BCUT2D eigenvalue weighted by molar-refractivity contribution is 5.98. The number of amides is 1. The van der Waals surface area contributed by atoms with Gasteiger partial charge in [0.1, 0.15) is 17.5 Å². The molecule has 0 aliphatic rings. The van der Waals surface area contributed by atoms with Gasteiger partial charge in [0.25, 0.3) is 0 Å². The van der Waals surface area contributed by atoms with E-state index in [2.05, 4.69) is 5.32 Å². The van der Waals surface area contributed by atoms with E-state index in [1.807, 2.05) is 49.4 Å². The van der Waals surface area contributed by atoms with Crippen molar-refractivity contribution in [2.45, 2.75) is 13.0 Å². The molecule has 23 heavy (non-hydrogen) atoms. The fraction of sp³-hybridized carbons (Fsp3) is 0.278. The van der Waals surface area contributed by atoms with Crippen LogP contribution in [0.25, 0.3) is 0 Å². The number of ether oxygens (including phenoxy) is 2. The van der Waals surface area contributed by atoms with Crippen molar-refractivity contribution in [2.75, 3.05) is 31.5 Å². The van der Waals surface area contributed by atoms with E-state index in [0.717, 1.165) is 11.4 Å². The Morgan fingerprint density at radius 2 is 1.78 bits per heavy atom. The van der Waals surface area contributed by atoms with Crippen molar-refractivity contribution in [3.8, 4) is 11.5 Å². The summed E-state index contributed by atoms with van der Waals surface area (Å²) in [7, 11) is 4.95. The molecule has 0 bridgehead atoms. The third-order valence-electron chi connectivity index (χ3n) is 3.63. The van der Waals surface area contributed by atoms with Crippen LogP contribution >= 0.6 is 0 Å². The van der Waals surface area contributed by atoms with Gasteiger partial charge in [0.15, 0.2) is 0 Å². The van der Waals surface area contributed by atoms with Gasteiger partial charge in [-0.1, -0.05) is 18.2 Å². The van der Waals surface area contributed by atoms with Gasteiger partial charge in [0, 0.05) is 18.8 Å². The summed E-state index contributed by atoms with van der Waals surface area (Å²) in [5, 5.41) is 3.19. The molecule has 0 saturated carbocycles. The molecule has 1 atom stereocenters. The van der Waals surface area contributed by atoms with Gasteiger partial charge in [-0.3, -0.25) is 4.79 Å². The van der Waals surface area contributed by atoms with Crippen LogP contribution in [-0.4, -0.2) is 33.2 Å². The molecule has 2 aromatic carbocycles. The summed E-state index contributed by atoms with van der Waals surface area (Å²) in [4.78, 5) is 14.2. The van der Waals surface area contributed by atoms with Crippen LogP contribution in [0.1, 0.15) is 6.92 Å². The number of rotatable bonds is 6. The van der Waals surface area contributed by atoms with Crippen molar-refractivity contribution in [3.05, 3.63) is 48.5 Å². The predicted molar refractivity (Wildman–Crippen MR) is 92.5 cm³/mol. The van der Waals surface area contributed by atoms with E-state index in [0.29, 0.717) is 11.5 Å². The lowest BCUT2D eigenvalue weighted by Crippen LogP contribution is -2.39. The largest absolute Gasteiger partial charge is 0.497 e. The van der Waals surface area contributed by atoms with Gasteiger partial charge in [0.05, 0.1) is 19.9 Å². The van der Waals surface area contributed by atoms with Crippen LogP contribution in [0, 0.1) is 0 Å². The second-order valence-electron chi connectivity index (χ2n) is 5.17. The van der Waals surface area contributed by atoms with Gasteiger partial charge in [-0.05, 0) is 31.2 Å². The minimum Gasteiger partial charge on any atom is -0.497 e. The minimum absolute atomic E-state index is 0.0333. The minimum atomic E-state index is -0.400. The van der Waals surface area contributed by atoms with Crippen molar-refractivity contribution in [3.63, 3.8) is 0 Å². The smallest absolute Gasteiger partial charge is 0.248 e. The molecular formula is C18H22N2O3.